The number of esters is 3. The van der Waals surface area contributed by atoms with E-state index in [1.54, 1.807) is 31.2 Å². The van der Waals surface area contributed by atoms with Crippen molar-refractivity contribution < 1.29 is 38.1 Å². The van der Waals surface area contributed by atoms with Gasteiger partial charge in [0.05, 0.1) is 13.7 Å². The van der Waals surface area contributed by atoms with Crippen molar-refractivity contribution in [3.05, 3.63) is 65.3 Å². The van der Waals surface area contributed by atoms with E-state index in [1.165, 1.54) is 13.0 Å². The minimum Gasteiger partial charge on any atom is -0.465 e. The SMILES string of the molecule is C=CCOC(=O)C1=C(C)OC(N)=C(C(=O)OC)[C@@]12C(=O)N(CC(=O)OCC)c1ccccc12. The Morgan fingerprint density at radius 3 is 2.52 bits per heavy atom. The van der Waals surface area contributed by atoms with Crippen molar-refractivity contribution in [3.8, 4) is 0 Å². The number of anilines is 1. The number of benzene rings is 1. The summed E-state index contributed by atoms with van der Waals surface area (Å²) in [4.78, 5) is 53.6. The number of amides is 1. The van der Waals surface area contributed by atoms with Crippen molar-refractivity contribution >= 4 is 29.5 Å². The number of para-hydroxylation sites is 1. The van der Waals surface area contributed by atoms with E-state index in [0.29, 0.717) is 5.69 Å². The molecule has 1 amide bonds. The van der Waals surface area contributed by atoms with E-state index in [-0.39, 0.29) is 35.7 Å². The fourth-order valence-corrected chi connectivity index (χ4v) is 4.13. The number of hydrogen-bond donors (Lipinski definition) is 1. The molecule has 10 heteroatoms. The molecule has 2 N–H and O–H groups in total. The Morgan fingerprint density at radius 1 is 1.18 bits per heavy atom. The molecule has 2 aliphatic heterocycles. The van der Waals surface area contributed by atoms with Crippen LogP contribution in [0.15, 0.2) is 59.7 Å². The van der Waals surface area contributed by atoms with E-state index in [0.717, 1.165) is 12.0 Å². The van der Waals surface area contributed by atoms with Crippen LogP contribution in [0.1, 0.15) is 19.4 Å². The lowest BCUT2D eigenvalue weighted by Crippen LogP contribution is -2.51. The largest absolute Gasteiger partial charge is 0.465 e. The van der Waals surface area contributed by atoms with Crippen LogP contribution in [-0.2, 0) is 43.5 Å². The van der Waals surface area contributed by atoms with E-state index in [1.807, 2.05) is 0 Å². The highest BCUT2D eigenvalue weighted by atomic mass is 16.5. The molecule has 0 aromatic heterocycles. The van der Waals surface area contributed by atoms with Crippen LogP contribution in [0.4, 0.5) is 5.69 Å². The first-order valence-electron chi connectivity index (χ1n) is 10.1. The quantitative estimate of drug-likeness (QED) is 0.365. The van der Waals surface area contributed by atoms with Crippen molar-refractivity contribution in [3.63, 3.8) is 0 Å². The second-order valence-corrected chi connectivity index (χ2v) is 7.11. The van der Waals surface area contributed by atoms with E-state index in [9.17, 15) is 19.2 Å². The lowest BCUT2D eigenvalue weighted by molar-refractivity contribution is -0.143. The number of ether oxygens (including phenoxy) is 4. The maximum absolute atomic E-state index is 14.1. The first-order valence-corrected chi connectivity index (χ1v) is 10.1. The normalized spacial score (nSPS) is 19.2. The third kappa shape index (κ3) is 3.63. The Bertz CT molecular complexity index is 1100. The topological polar surface area (TPSA) is 134 Å². The third-order valence-corrected chi connectivity index (χ3v) is 5.29. The monoisotopic (exact) mass is 456 g/mol. The number of allylic oxidation sites excluding steroid dienone is 1. The molecular weight excluding hydrogens is 432 g/mol. The minimum atomic E-state index is -2.05. The number of hydrogen-bond acceptors (Lipinski definition) is 9. The maximum Gasteiger partial charge on any atom is 0.340 e. The molecule has 0 bridgehead atoms. The summed E-state index contributed by atoms with van der Waals surface area (Å²) in [7, 11) is 1.11. The van der Waals surface area contributed by atoms with Gasteiger partial charge in [0.1, 0.15) is 35.5 Å². The number of rotatable bonds is 7. The van der Waals surface area contributed by atoms with Gasteiger partial charge in [0.25, 0.3) is 0 Å². The van der Waals surface area contributed by atoms with Crippen molar-refractivity contribution in [2.24, 2.45) is 5.73 Å². The molecule has 1 atom stereocenters. The third-order valence-electron chi connectivity index (χ3n) is 5.29. The van der Waals surface area contributed by atoms with Gasteiger partial charge in [-0.1, -0.05) is 30.9 Å². The maximum atomic E-state index is 14.1. The Morgan fingerprint density at radius 2 is 1.88 bits per heavy atom. The van der Waals surface area contributed by atoms with E-state index in [4.69, 9.17) is 24.7 Å². The highest BCUT2D eigenvalue weighted by Crippen LogP contribution is 2.54. The summed E-state index contributed by atoms with van der Waals surface area (Å²) in [6.07, 6.45) is 1.35. The Kier molecular flexibility index (Phi) is 6.57. The van der Waals surface area contributed by atoms with E-state index < -0.39 is 41.7 Å². The van der Waals surface area contributed by atoms with Gasteiger partial charge in [0.15, 0.2) is 0 Å². The summed E-state index contributed by atoms with van der Waals surface area (Å²) < 4.78 is 20.6. The van der Waals surface area contributed by atoms with Gasteiger partial charge < -0.3 is 24.7 Å². The summed E-state index contributed by atoms with van der Waals surface area (Å²) >= 11 is 0. The average molecular weight is 456 g/mol. The molecule has 0 fully saturated rings. The van der Waals surface area contributed by atoms with Crippen molar-refractivity contribution in [2.45, 2.75) is 19.3 Å². The van der Waals surface area contributed by atoms with Crippen LogP contribution in [-0.4, -0.2) is 50.7 Å². The second-order valence-electron chi connectivity index (χ2n) is 7.11. The minimum absolute atomic E-state index is 0.0321. The summed E-state index contributed by atoms with van der Waals surface area (Å²) in [6, 6.07) is 6.43. The molecule has 0 aliphatic carbocycles. The molecule has 2 heterocycles. The molecule has 3 rings (SSSR count). The van der Waals surface area contributed by atoms with Gasteiger partial charge in [-0.25, -0.2) is 9.59 Å². The summed E-state index contributed by atoms with van der Waals surface area (Å²) in [5.74, 6) is -3.76. The zero-order valence-corrected chi connectivity index (χ0v) is 18.5. The molecule has 10 nitrogen and oxygen atoms in total. The molecule has 2 aliphatic rings. The average Bonchev–Trinajstić information content (AvgIpc) is 3.01. The van der Waals surface area contributed by atoms with Gasteiger partial charge in [-0.2, -0.15) is 0 Å². The highest BCUT2D eigenvalue weighted by Gasteiger charge is 2.64. The van der Waals surface area contributed by atoms with Gasteiger partial charge in [-0.05, 0) is 19.9 Å². The molecule has 1 aromatic carbocycles. The van der Waals surface area contributed by atoms with Crippen molar-refractivity contribution in [2.75, 3.05) is 31.8 Å². The van der Waals surface area contributed by atoms with Gasteiger partial charge >= 0.3 is 17.9 Å². The standard InChI is InChI=1S/C23H24N2O8/c1-5-11-32-21(28)17-13(3)33-19(24)18(20(27)30-4)23(17)14-9-7-8-10-15(14)25(22(23)29)12-16(26)31-6-2/h5,7-10H,1,6,11-12,24H2,2-4H3/t23-/m0/s1. The second kappa shape index (κ2) is 9.19. The predicted octanol–water partition coefficient (Wildman–Crippen LogP) is 1.21. The number of carbonyl (C=O) groups excluding carboxylic acids is 4. The summed E-state index contributed by atoms with van der Waals surface area (Å²) in [5.41, 5.74) is 3.93. The van der Waals surface area contributed by atoms with Crippen molar-refractivity contribution in [1.82, 2.24) is 0 Å². The highest BCUT2D eigenvalue weighted by molar-refractivity contribution is 6.23. The lowest BCUT2D eigenvalue weighted by atomic mass is 9.67. The zero-order valence-electron chi connectivity index (χ0n) is 18.5. The summed E-state index contributed by atoms with van der Waals surface area (Å²) in [6.45, 7) is 6.09. The molecule has 33 heavy (non-hydrogen) atoms. The predicted molar refractivity (Wildman–Crippen MR) is 115 cm³/mol. The first kappa shape index (κ1) is 23.6. The number of fused-ring (bicyclic) bond motifs is 2. The van der Waals surface area contributed by atoms with Crippen LogP contribution in [0.3, 0.4) is 0 Å². The van der Waals surface area contributed by atoms with Crippen LogP contribution >= 0.6 is 0 Å². The Labute approximate surface area is 190 Å². The zero-order chi connectivity index (χ0) is 24.3. The van der Waals surface area contributed by atoms with Crippen molar-refractivity contribution in [1.29, 1.82) is 0 Å². The van der Waals surface area contributed by atoms with Gasteiger partial charge in [-0.3, -0.25) is 14.5 Å². The van der Waals surface area contributed by atoms with Crippen LogP contribution < -0.4 is 10.6 Å². The number of carbonyl (C=O) groups is 4. The molecular formula is C23H24N2O8. The Balaban J connectivity index is 2.35. The van der Waals surface area contributed by atoms with Crippen LogP contribution in [0.2, 0.25) is 0 Å². The smallest absolute Gasteiger partial charge is 0.340 e. The lowest BCUT2D eigenvalue weighted by Gasteiger charge is -2.36. The molecule has 174 valence electrons. The number of methoxy groups -OCH3 is 1. The van der Waals surface area contributed by atoms with Crippen LogP contribution in [0.5, 0.6) is 0 Å². The molecule has 0 unspecified atom stereocenters. The fourth-order valence-electron chi connectivity index (χ4n) is 4.13. The van der Waals surface area contributed by atoms with Crippen LogP contribution in [0.25, 0.3) is 0 Å². The van der Waals surface area contributed by atoms with Gasteiger partial charge in [0, 0.05) is 11.3 Å². The first-order chi connectivity index (χ1) is 15.7. The summed E-state index contributed by atoms with van der Waals surface area (Å²) in [5, 5.41) is 0. The number of nitrogens with zero attached hydrogens (tertiary/aromatic N) is 1. The fraction of sp³-hybridized carbons (Fsp3) is 0.304. The molecule has 1 spiro atoms. The van der Waals surface area contributed by atoms with E-state index >= 15 is 0 Å². The van der Waals surface area contributed by atoms with Gasteiger partial charge in [-0.15, -0.1) is 0 Å². The van der Waals surface area contributed by atoms with E-state index in [2.05, 4.69) is 6.58 Å². The molecule has 0 radical (unpaired) electrons. The molecule has 0 saturated carbocycles. The van der Waals surface area contributed by atoms with Gasteiger partial charge in [0.2, 0.25) is 11.8 Å². The molecule has 1 aromatic rings. The Hall–Kier alpha value is -4.08. The van der Waals surface area contributed by atoms with Crippen LogP contribution in [0, 0.1) is 0 Å². The molecule has 0 saturated heterocycles. The number of nitrogens with two attached hydrogens (primary N) is 1.